The summed E-state index contributed by atoms with van der Waals surface area (Å²) in [6, 6.07) is 9.39. The van der Waals surface area contributed by atoms with E-state index in [1.807, 2.05) is 17.5 Å². The summed E-state index contributed by atoms with van der Waals surface area (Å²) in [5, 5.41) is 4.52. The summed E-state index contributed by atoms with van der Waals surface area (Å²) in [6.07, 6.45) is -4.73. The topological polar surface area (TPSA) is 73.2 Å². The van der Waals surface area contributed by atoms with Crippen LogP contribution in [-0.2, 0) is 27.0 Å². The third-order valence-electron chi connectivity index (χ3n) is 3.91. The molecule has 6 nitrogen and oxygen atoms in total. The second kappa shape index (κ2) is 8.01. The number of hydrogen-bond donors (Lipinski definition) is 1. The van der Waals surface area contributed by atoms with Gasteiger partial charge in [0, 0.05) is 4.88 Å². The van der Waals surface area contributed by atoms with Crippen LogP contribution in [0.4, 0.5) is 13.2 Å². The number of fused-ring (bicyclic) bond motifs is 1. The molecule has 1 amide bonds. The highest BCUT2D eigenvalue weighted by atomic mass is 32.1. The number of thiophene rings is 1. The van der Waals surface area contributed by atoms with Gasteiger partial charge in [0.2, 0.25) is 5.82 Å². The first kappa shape index (κ1) is 19.9. The zero-order valence-electron chi connectivity index (χ0n) is 14.7. The van der Waals surface area contributed by atoms with E-state index in [1.54, 1.807) is 19.1 Å². The van der Waals surface area contributed by atoms with Crippen molar-refractivity contribution in [2.24, 2.45) is 0 Å². The molecule has 2 heterocycles. The second-order valence-corrected chi connectivity index (χ2v) is 6.95. The molecule has 148 valence electrons. The monoisotopic (exact) mass is 411 g/mol. The van der Waals surface area contributed by atoms with Crippen LogP contribution in [-0.4, -0.2) is 28.0 Å². The van der Waals surface area contributed by atoms with Crippen molar-refractivity contribution in [2.75, 3.05) is 6.61 Å². The Morgan fingerprint density at radius 3 is 2.68 bits per heavy atom. The van der Waals surface area contributed by atoms with Gasteiger partial charge in [-0.2, -0.15) is 13.2 Å². The van der Waals surface area contributed by atoms with Crippen molar-refractivity contribution in [1.82, 2.24) is 14.9 Å². The number of carbonyl (C=O) groups is 2. The third-order valence-corrected chi connectivity index (χ3v) is 4.96. The van der Waals surface area contributed by atoms with Gasteiger partial charge in [-0.05, 0) is 30.5 Å². The zero-order chi connectivity index (χ0) is 20.3. The van der Waals surface area contributed by atoms with Crippen LogP contribution in [0.5, 0.6) is 0 Å². The molecule has 0 fully saturated rings. The van der Waals surface area contributed by atoms with Crippen LogP contribution in [0.1, 0.15) is 23.7 Å². The molecule has 0 bridgehead atoms. The van der Waals surface area contributed by atoms with Crippen molar-refractivity contribution in [1.29, 1.82) is 0 Å². The number of imidazole rings is 1. The van der Waals surface area contributed by atoms with E-state index in [0.29, 0.717) is 0 Å². The molecule has 0 radical (unpaired) electrons. The Bertz CT molecular complexity index is 983. The number of para-hydroxylation sites is 2. The number of benzene rings is 1. The highest BCUT2D eigenvalue weighted by molar-refractivity contribution is 7.10. The molecule has 3 rings (SSSR count). The lowest BCUT2D eigenvalue weighted by Gasteiger charge is -2.13. The number of nitrogens with one attached hydrogen (secondary N) is 1. The second-order valence-electron chi connectivity index (χ2n) is 5.97. The summed E-state index contributed by atoms with van der Waals surface area (Å²) in [7, 11) is 0. The highest BCUT2D eigenvalue weighted by Crippen LogP contribution is 2.31. The fourth-order valence-corrected chi connectivity index (χ4v) is 3.40. The normalized spacial score (nSPS) is 12.7. The molecule has 0 aliphatic carbocycles. The maximum absolute atomic E-state index is 13.2. The zero-order valence-corrected chi connectivity index (χ0v) is 15.5. The highest BCUT2D eigenvalue weighted by Gasteiger charge is 2.38. The molecule has 10 heteroatoms. The Hall–Kier alpha value is -2.88. The smallest absolute Gasteiger partial charge is 0.449 e. The van der Waals surface area contributed by atoms with Gasteiger partial charge < -0.3 is 14.6 Å². The van der Waals surface area contributed by atoms with Crippen LogP contribution in [0.3, 0.4) is 0 Å². The molecule has 0 aliphatic rings. The van der Waals surface area contributed by atoms with Gasteiger partial charge in [0.1, 0.15) is 6.54 Å². The molecular formula is C18H16F3N3O3S. The maximum Gasteiger partial charge on any atom is 0.449 e. The fourth-order valence-electron chi connectivity index (χ4n) is 2.66. The fraction of sp³-hybridized carbons (Fsp3) is 0.278. The number of nitrogens with zero attached hydrogens (tertiary/aromatic N) is 2. The summed E-state index contributed by atoms with van der Waals surface area (Å²) >= 11 is 1.47. The Kier molecular flexibility index (Phi) is 5.68. The lowest BCUT2D eigenvalue weighted by Crippen LogP contribution is -2.31. The van der Waals surface area contributed by atoms with Gasteiger partial charge in [0.15, 0.2) is 6.61 Å². The quantitative estimate of drug-likeness (QED) is 0.630. The Morgan fingerprint density at radius 1 is 1.25 bits per heavy atom. The van der Waals surface area contributed by atoms with E-state index in [4.69, 9.17) is 4.74 Å². The predicted octanol–water partition coefficient (Wildman–Crippen LogP) is 3.54. The first-order valence-electron chi connectivity index (χ1n) is 8.26. The van der Waals surface area contributed by atoms with Crippen LogP contribution in [0.25, 0.3) is 11.0 Å². The summed E-state index contributed by atoms with van der Waals surface area (Å²) < 4.78 is 45.3. The summed E-state index contributed by atoms with van der Waals surface area (Å²) in [5.41, 5.74) is 0.271. The number of carbonyl (C=O) groups excluding carboxylic acids is 2. The van der Waals surface area contributed by atoms with Gasteiger partial charge in [0.05, 0.1) is 17.1 Å². The van der Waals surface area contributed by atoms with Gasteiger partial charge in [-0.15, -0.1) is 11.3 Å². The molecule has 1 aromatic carbocycles. The number of esters is 1. The average Bonchev–Trinajstić information content (AvgIpc) is 3.28. The van der Waals surface area contributed by atoms with Crippen LogP contribution in [0, 0.1) is 0 Å². The largest absolute Gasteiger partial charge is 0.454 e. The van der Waals surface area contributed by atoms with Crippen LogP contribution in [0.2, 0.25) is 0 Å². The van der Waals surface area contributed by atoms with Crippen molar-refractivity contribution in [3.05, 3.63) is 52.5 Å². The first-order chi connectivity index (χ1) is 13.3. The summed E-state index contributed by atoms with van der Waals surface area (Å²) in [4.78, 5) is 28.4. The van der Waals surface area contributed by atoms with E-state index in [0.717, 1.165) is 9.44 Å². The predicted molar refractivity (Wildman–Crippen MR) is 96.6 cm³/mol. The van der Waals surface area contributed by atoms with E-state index in [-0.39, 0.29) is 17.1 Å². The lowest BCUT2D eigenvalue weighted by atomic mass is 10.3. The number of hydrogen-bond acceptors (Lipinski definition) is 5. The molecule has 0 saturated heterocycles. The molecular weight excluding hydrogens is 395 g/mol. The van der Waals surface area contributed by atoms with Crippen molar-refractivity contribution < 1.29 is 27.5 Å². The number of alkyl halides is 3. The molecule has 2 aromatic heterocycles. The van der Waals surface area contributed by atoms with Crippen LogP contribution in [0.15, 0.2) is 41.8 Å². The number of halogens is 3. The van der Waals surface area contributed by atoms with E-state index in [9.17, 15) is 22.8 Å². The summed E-state index contributed by atoms with van der Waals surface area (Å²) in [5.74, 6) is -2.70. The van der Waals surface area contributed by atoms with Gasteiger partial charge in [0.25, 0.3) is 5.91 Å². The Morgan fingerprint density at radius 2 is 2.00 bits per heavy atom. The molecule has 0 unspecified atom stereocenters. The van der Waals surface area contributed by atoms with Crippen molar-refractivity contribution in [3.63, 3.8) is 0 Å². The minimum atomic E-state index is -4.73. The van der Waals surface area contributed by atoms with Gasteiger partial charge >= 0.3 is 12.1 Å². The maximum atomic E-state index is 13.2. The van der Waals surface area contributed by atoms with Crippen molar-refractivity contribution in [2.45, 2.75) is 25.7 Å². The van der Waals surface area contributed by atoms with Gasteiger partial charge in [-0.3, -0.25) is 9.59 Å². The SMILES string of the molecule is C[C@@H](NC(=O)COC(=O)Cn1c(C(F)(F)F)nc2ccccc21)c1cccs1. The summed E-state index contributed by atoms with van der Waals surface area (Å²) in [6.45, 7) is 0.491. The number of amides is 1. The van der Waals surface area contributed by atoms with E-state index in [2.05, 4.69) is 10.3 Å². The van der Waals surface area contributed by atoms with E-state index < -0.39 is 37.0 Å². The number of ether oxygens (including phenoxy) is 1. The molecule has 0 aliphatic heterocycles. The average molecular weight is 411 g/mol. The van der Waals surface area contributed by atoms with E-state index >= 15 is 0 Å². The molecule has 1 atom stereocenters. The first-order valence-corrected chi connectivity index (χ1v) is 9.14. The van der Waals surface area contributed by atoms with Crippen LogP contribution >= 0.6 is 11.3 Å². The lowest BCUT2D eigenvalue weighted by molar-refractivity contribution is -0.153. The van der Waals surface area contributed by atoms with Gasteiger partial charge in [-0.25, -0.2) is 4.98 Å². The molecule has 3 aromatic rings. The minimum Gasteiger partial charge on any atom is -0.454 e. The van der Waals surface area contributed by atoms with Gasteiger partial charge in [-0.1, -0.05) is 18.2 Å². The Balaban J connectivity index is 1.64. The third kappa shape index (κ3) is 4.50. The van der Waals surface area contributed by atoms with E-state index in [1.165, 1.54) is 23.5 Å². The molecule has 0 spiro atoms. The molecule has 28 heavy (non-hydrogen) atoms. The number of rotatable bonds is 6. The molecule has 1 N–H and O–H groups in total. The standard InChI is InChI=1S/C18H16F3N3O3S/c1-11(14-7-4-8-28-14)22-15(25)10-27-16(26)9-24-13-6-3-2-5-12(13)23-17(24)18(19,20)21/h2-8,11H,9-10H2,1H3,(H,22,25)/t11-/m1/s1. The Labute approximate surface area is 161 Å². The minimum absolute atomic E-state index is 0.116. The van der Waals surface area contributed by atoms with Crippen LogP contribution < -0.4 is 5.32 Å². The van der Waals surface area contributed by atoms with Crippen molar-refractivity contribution >= 4 is 34.2 Å². The van der Waals surface area contributed by atoms with Crippen molar-refractivity contribution in [3.8, 4) is 0 Å². The number of aromatic nitrogens is 2. The molecule has 0 saturated carbocycles.